The normalized spacial score (nSPS) is 11.0. The van der Waals surface area contributed by atoms with Crippen molar-refractivity contribution in [3.05, 3.63) is 99.9 Å². The van der Waals surface area contributed by atoms with Crippen molar-refractivity contribution < 1.29 is 19.3 Å². The minimum atomic E-state index is -0.826. The van der Waals surface area contributed by atoms with Crippen LogP contribution in [0.3, 0.4) is 0 Å². The number of methoxy groups -OCH3 is 1. The van der Waals surface area contributed by atoms with E-state index in [9.17, 15) is 14.9 Å². The number of carbonyl (C=O) groups excluding carboxylic acids is 1. The van der Waals surface area contributed by atoms with E-state index in [1.54, 1.807) is 24.5 Å². The molecule has 0 amide bonds. The summed E-state index contributed by atoms with van der Waals surface area (Å²) >= 11 is 0. The van der Waals surface area contributed by atoms with Gasteiger partial charge in [0.05, 0.1) is 17.6 Å². The summed E-state index contributed by atoms with van der Waals surface area (Å²) in [6, 6.07) is 16.4. The van der Waals surface area contributed by atoms with E-state index in [4.69, 9.17) is 9.57 Å². The summed E-state index contributed by atoms with van der Waals surface area (Å²) in [6.45, 7) is 0. The number of carbonyl (C=O) groups is 1. The summed E-state index contributed by atoms with van der Waals surface area (Å²) in [4.78, 5) is 31.9. The Morgan fingerprint density at radius 1 is 1.00 bits per heavy atom. The fourth-order valence-corrected chi connectivity index (χ4v) is 2.48. The molecule has 3 rings (SSSR count). The Balaban J connectivity index is 1.92. The van der Waals surface area contributed by atoms with Crippen LogP contribution in [0.4, 0.5) is 5.69 Å². The van der Waals surface area contributed by atoms with Crippen molar-refractivity contribution in [2.45, 2.75) is 0 Å². The van der Waals surface area contributed by atoms with Gasteiger partial charge in [0.1, 0.15) is 5.71 Å². The van der Waals surface area contributed by atoms with Gasteiger partial charge in [-0.1, -0.05) is 35.5 Å². The molecule has 0 saturated heterocycles. The van der Waals surface area contributed by atoms with Gasteiger partial charge in [0, 0.05) is 29.6 Å². The molecule has 8 nitrogen and oxygen atoms in total. The summed E-state index contributed by atoms with van der Waals surface area (Å²) in [5, 5.41) is 15.1. The maximum atomic E-state index is 12.4. The van der Waals surface area contributed by atoms with E-state index in [0.717, 1.165) is 11.6 Å². The number of hydrogen-bond acceptors (Lipinski definition) is 7. The highest BCUT2D eigenvalue weighted by Gasteiger charge is 2.19. The number of hydrogen-bond donors (Lipinski definition) is 0. The van der Waals surface area contributed by atoms with Crippen molar-refractivity contribution >= 4 is 17.4 Å². The molecule has 1 aromatic heterocycles. The molecule has 0 N–H and O–H groups in total. The number of rotatable bonds is 6. The van der Waals surface area contributed by atoms with Gasteiger partial charge in [0.15, 0.2) is 5.75 Å². The van der Waals surface area contributed by atoms with Gasteiger partial charge >= 0.3 is 11.7 Å². The Kier molecular flexibility index (Phi) is 5.71. The van der Waals surface area contributed by atoms with Gasteiger partial charge in [0.2, 0.25) is 0 Å². The first-order valence-electron chi connectivity index (χ1n) is 8.17. The first-order chi connectivity index (χ1) is 13.6. The highest BCUT2D eigenvalue weighted by atomic mass is 16.7. The van der Waals surface area contributed by atoms with Crippen LogP contribution in [0.5, 0.6) is 5.75 Å². The highest BCUT2D eigenvalue weighted by Crippen LogP contribution is 2.27. The quantitative estimate of drug-likeness (QED) is 0.281. The molecular weight excluding hydrogens is 362 g/mol. The number of nitro groups is 1. The summed E-state index contributed by atoms with van der Waals surface area (Å²) in [5.74, 6) is -0.778. The standard InChI is InChI=1S/C20H15N3O5/c1-27-18-8-7-16(13-17(18)23(25)26)20(24)28-22-19(14-5-3-2-4-6-14)15-9-11-21-12-10-15/h2-13H,1H3/b22-19-. The van der Waals surface area contributed by atoms with E-state index >= 15 is 0 Å². The molecule has 0 aliphatic carbocycles. The van der Waals surface area contributed by atoms with E-state index in [1.807, 2.05) is 30.3 Å². The van der Waals surface area contributed by atoms with Gasteiger partial charge in [-0.2, -0.15) is 0 Å². The maximum absolute atomic E-state index is 12.4. The lowest BCUT2D eigenvalue weighted by atomic mass is 10.0. The molecular formula is C20H15N3O5. The second-order valence-corrected chi connectivity index (χ2v) is 5.56. The fraction of sp³-hybridized carbons (Fsp3) is 0.0500. The number of nitro benzene ring substituents is 1. The molecule has 0 saturated carbocycles. The average Bonchev–Trinajstić information content (AvgIpc) is 2.74. The third-order valence-corrected chi connectivity index (χ3v) is 3.83. The van der Waals surface area contributed by atoms with E-state index < -0.39 is 10.9 Å². The summed E-state index contributed by atoms with van der Waals surface area (Å²) < 4.78 is 4.93. The van der Waals surface area contributed by atoms with Gasteiger partial charge in [0.25, 0.3) is 0 Å². The molecule has 0 fully saturated rings. The van der Waals surface area contributed by atoms with Gasteiger partial charge in [-0.05, 0) is 24.3 Å². The molecule has 140 valence electrons. The van der Waals surface area contributed by atoms with Gasteiger partial charge < -0.3 is 9.57 Å². The molecule has 28 heavy (non-hydrogen) atoms. The van der Waals surface area contributed by atoms with Crippen LogP contribution in [0.2, 0.25) is 0 Å². The molecule has 0 atom stereocenters. The first kappa shape index (κ1) is 18.7. The monoisotopic (exact) mass is 377 g/mol. The Labute approximate surface area is 160 Å². The van der Waals surface area contributed by atoms with Crippen LogP contribution >= 0.6 is 0 Å². The van der Waals surface area contributed by atoms with E-state index in [0.29, 0.717) is 11.3 Å². The molecule has 0 spiro atoms. The first-order valence-corrected chi connectivity index (χ1v) is 8.17. The van der Waals surface area contributed by atoms with Crippen LogP contribution in [0.25, 0.3) is 0 Å². The Bertz CT molecular complexity index is 979. The molecule has 8 heteroatoms. The van der Waals surface area contributed by atoms with Gasteiger partial charge in [-0.3, -0.25) is 15.1 Å². The van der Waals surface area contributed by atoms with E-state index in [-0.39, 0.29) is 17.0 Å². The Morgan fingerprint density at radius 2 is 1.68 bits per heavy atom. The Hall–Kier alpha value is -4.07. The maximum Gasteiger partial charge on any atom is 0.366 e. The lowest BCUT2D eigenvalue weighted by Gasteiger charge is -2.07. The molecule has 0 unspecified atom stereocenters. The zero-order valence-corrected chi connectivity index (χ0v) is 14.8. The molecule has 0 radical (unpaired) electrons. The van der Waals surface area contributed by atoms with Crippen molar-refractivity contribution in [2.75, 3.05) is 7.11 Å². The van der Waals surface area contributed by atoms with Gasteiger partial charge in [-0.15, -0.1) is 0 Å². The molecule has 0 aliphatic heterocycles. The minimum absolute atomic E-state index is 0.0154. The second-order valence-electron chi connectivity index (χ2n) is 5.56. The largest absolute Gasteiger partial charge is 0.490 e. The predicted molar refractivity (Wildman–Crippen MR) is 101 cm³/mol. The number of aromatic nitrogens is 1. The lowest BCUT2D eigenvalue weighted by Crippen LogP contribution is -2.08. The van der Waals surface area contributed by atoms with Crippen molar-refractivity contribution in [1.82, 2.24) is 4.98 Å². The third-order valence-electron chi connectivity index (χ3n) is 3.83. The van der Waals surface area contributed by atoms with E-state index in [1.165, 1.54) is 19.2 Å². The average molecular weight is 377 g/mol. The Morgan fingerprint density at radius 3 is 2.32 bits per heavy atom. The summed E-state index contributed by atoms with van der Waals surface area (Å²) in [5.41, 5.74) is 1.52. The zero-order valence-electron chi connectivity index (χ0n) is 14.8. The number of oxime groups is 1. The van der Waals surface area contributed by atoms with Crippen molar-refractivity contribution in [3.63, 3.8) is 0 Å². The highest BCUT2D eigenvalue weighted by molar-refractivity contribution is 6.12. The van der Waals surface area contributed by atoms with Crippen molar-refractivity contribution in [3.8, 4) is 5.75 Å². The molecule has 1 heterocycles. The number of nitrogens with zero attached hydrogens (tertiary/aromatic N) is 3. The molecule has 0 aliphatic rings. The van der Waals surface area contributed by atoms with Crippen LogP contribution in [-0.4, -0.2) is 28.7 Å². The van der Waals surface area contributed by atoms with Crippen LogP contribution in [0.1, 0.15) is 21.5 Å². The SMILES string of the molecule is COc1ccc(C(=O)O/N=C(/c2ccccc2)c2ccncc2)cc1[N+](=O)[O-]. The van der Waals surface area contributed by atoms with Crippen molar-refractivity contribution in [2.24, 2.45) is 5.16 Å². The van der Waals surface area contributed by atoms with Crippen LogP contribution in [-0.2, 0) is 4.84 Å². The third kappa shape index (κ3) is 4.18. The van der Waals surface area contributed by atoms with Gasteiger partial charge in [-0.25, -0.2) is 4.79 Å². The lowest BCUT2D eigenvalue weighted by molar-refractivity contribution is -0.385. The van der Waals surface area contributed by atoms with Crippen LogP contribution < -0.4 is 4.74 Å². The number of ether oxygens (including phenoxy) is 1. The van der Waals surface area contributed by atoms with Crippen LogP contribution in [0, 0.1) is 10.1 Å². The predicted octanol–water partition coefficient (Wildman–Crippen LogP) is 3.61. The smallest absolute Gasteiger partial charge is 0.366 e. The zero-order chi connectivity index (χ0) is 19.9. The summed E-state index contributed by atoms with van der Waals surface area (Å²) in [7, 11) is 1.31. The van der Waals surface area contributed by atoms with E-state index in [2.05, 4.69) is 10.1 Å². The number of pyridine rings is 1. The number of benzene rings is 2. The minimum Gasteiger partial charge on any atom is -0.490 e. The molecule has 0 bridgehead atoms. The fourth-order valence-electron chi connectivity index (χ4n) is 2.48. The molecule has 2 aromatic carbocycles. The second kappa shape index (κ2) is 8.54. The van der Waals surface area contributed by atoms with Crippen LogP contribution in [0.15, 0.2) is 78.2 Å². The topological polar surface area (TPSA) is 104 Å². The summed E-state index contributed by atoms with van der Waals surface area (Å²) in [6.07, 6.45) is 3.20. The molecule has 3 aromatic rings. The van der Waals surface area contributed by atoms with Crippen molar-refractivity contribution in [1.29, 1.82) is 0 Å².